The molecule has 1 rings (SSSR count). The Balaban J connectivity index is 2.17. The van der Waals surface area contributed by atoms with Crippen LogP contribution in [0, 0.1) is 0 Å². The summed E-state index contributed by atoms with van der Waals surface area (Å²) < 4.78 is 11.0. The van der Waals surface area contributed by atoms with Crippen LogP contribution in [0.4, 0.5) is 0 Å². The number of benzene rings is 1. The molecule has 1 aromatic rings. The van der Waals surface area contributed by atoms with Crippen LogP contribution < -0.4 is 4.74 Å². The summed E-state index contributed by atoms with van der Waals surface area (Å²) in [5.41, 5.74) is 0. The molecule has 0 spiro atoms. The van der Waals surface area contributed by atoms with Gasteiger partial charge in [0.05, 0.1) is 12.7 Å². The fourth-order valence-electron chi connectivity index (χ4n) is 1.29. The van der Waals surface area contributed by atoms with Gasteiger partial charge >= 0.3 is 0 Å². The summed E-state index contributed by atoms with van der Waals surface area (Å²) in [6.07, 6.45) is 2.15. The molecule has 3 nitrogen and oxygen atoms in total. The first kappa shape index (κ1) is 12.8. The fourth-order valence-corrected chi connectivity index (χ4v) is 1.29. The van der Waals surface area contributed by atoms with E-state index in [0.29, 0.717) is 6.61 Å². The van der Waals surface area contributed by atoms with Crippen LogP contribution in [0.25, 0.3) is 0 Å². The van der Waals surface area contributed by atoms with E-state index in [-0.39, 0.29) is 11.9 Å². The zero-order valence-electron chi connectivity index (χ0n) is 9.98. The molecule has 16 heavy (non-hydrogen) atoms. The first-order valence-electron chi connectivity index (χ1n) is 5.75. The molecule has 1 unspecified atom stereocenters. The van der Waals surface area contributed by atoms with E-state index in [0.717, 1.165) is 25.2 Å². The zero-order chi connectivity index (χ0) is 11.8. The Morgan fingerprint density at radius 1 is 1.19 bits per heavy atom. The second-order valence-corrected chi connectivity index (χ2v) is 3.81. The van der Waals surface area contributed by atoms with Gasteiger partial charge in [0.15, 0.2) is 0 Å². The van der Waals surface area contributed by atoms with E-state index in [1.807, 2.05) is 0 Å². The lowest BCUT2D eigenvalue weighted by atomic mass is 10.3. The number of hydrogen-bond acceptors (Lipinski definition) is 3. The lowest BCUT2D eigenvalue weighted by molar-refractivity contribution is 0.0510. The van der Waals surface area contributed by atoms with Crippen molar-refractivity contribution in [3.63, 3.8) is 0 Å². The largest absolute Gasteiger partial charge is 0.508 e. The van der Waals surface area contributed by atoms with Gasteiger partial charge in [0.2, 0.25) is 0 Å². The van der Waals surface area contributed by atoms with Crippen LogP contribution in [-0.2, 0) is 4.74 Å². The number of hydrogen-bond donors (Lipinski definition) is 1. The molecule has 1 aromatic carbocycles. The molecule has 0 amide bonds. The number of phenols is 1. The monoisotopic (exact) mass is 224 g/mol. The summed E-state index contributed by atoms with van der Waals surface area (Å²) in [4.78, 5) is 0. The minimum absolute atomic E-state index is 0.233. The van der Waals surface area contributed by atoms with Gasteiger partial charge in [-0.2, -0.15) is 0 Å². The summed E-state index contributed by atoms with van der Waals surface area (Å²) in [5, 5.41) is 9.09. The quantitative estimate of drug-likeness (QED) is 0.773. The third kappa shape index (κ3) is 5.03. The highest BCUT2D eigenvalue weighted by molar-refractivity contribution is 5.29. The summed E-state index contributed by atoms with van der Waals surface area (Å²) >= 11 is 0. The maximum absolute atomic E-state index is 9.09. The molecule has 0 aromatic heterocycles. The third-order valence-electron chi connectivity index (χ3n) is 2.24. The predicted octanol–water partition coefficient (Wildman–Crippen LogP) is 2.98. The second kappa shape index (κ2) is 7.12. The Labute approximate surface area is 97.0 Å². The molecule has 3 heteroatoms. The van der Waals surface area contributed by atoms with Crippen LogP contribution >= 0.6 is 0 Å². The minimum atomic E-state index is 0.233. The highest BCUT2D eigenvalue weighted by Crippen LogP contribution is 2.16. The molecule has 90 valence electrons. The highest BCUT2D eigenvalue weighted by atomic mass is 16.5. The molecule has 0 aliphatic rings. The van der Waals surface area contributed by atoms with E-state index < -0.39 is 0 Å². The van der Waals surface area contributed by atoms with Gasteiger partial charge in [0.25, 0.3) is 0 Å². The van der Waals surface area contributed by atoms with E-state index in [2.05, 4.69) is 13.8 Å². The highest BCUT2D eigenvalue weighted by Gasteiger charge is 2.02. The summed E-state index contributed by atoms with van der Waals surface area (Å²) in [6.45, 7) is 5.59. The van der Waals surface area contributed by atoms with Crippen LogP contribution in [-0.4, -0.2) is 24.4 Å². The first-order chi connectivity index (χ1) is 7.72. The van der Waals surface area contributed by atoms with Gasteiger partial charge in [-0.3, -0.25) is 0 Å². The lowest BCUT2D eigenvalue weighted by Gasteiger charge is -2.13. The Bertz CT molecular complexity index is 282. The Morgan fingerprint density at radius 2 is 1.88 bits per heavy atom. The second-order valence-electron chi connectivity index (χ2n) is 3.81. The van der Waals surface area contributed by atoms with E-state index in [1.165, 1.54) is 0 Å². The SMILES string of the molecule is CCCOC(C)CCOc1ccc(O)cc1. The molecule has 0 fully saturated rings. The van der Waals surface area contributed by atoms with Crippen molar-refractivity contribution in [3.05, 3.63) is 24.3 Å². The van der Waals surface area contributed by atoms with Gasteiger partial charge < -0.3 is 14.6 Å². The van der Waals surface area contributed by atoms with Crippen LogP contribution in [0.5, 0.6) is 11.5 Å². The minimum Gasteiger partial charge on any atom is -0.508 e. The smallest absolute Gasteiger partial charge is 0.119 e. The van der Waals surface area contributed by atoms with E-state index in [4.69, 9.17) is 14.6 Å². The van der Waals surface area contributed by atoms with Crippen LogP contribution in [0.15, 0.2) is 24.3 Å². The van der Waals surface area contributed by atoms with Crippen LogP contribution in [0.2, 0.25) is 0 Å². The molecular formula is C13H20O3. The number of rotatable bonds is 7. The maximum Gasteiger partial charge on any atom is 0.119 e. The number of phenolic OH excluding ortho intramolecular Hbond substituents is 1. The normalized spacial score (nSPS) is 12.4. The average molecular weight is 224 g/mol. The van der Waals surface area contributed by atoms with E-state index >= 15 is 0 Å². The Morgan fingerprint density at radius 3 is 2.50 bits per heavy atom. The van der Waals surface area contributed by atoms with E-state index in [1.54, 1.807) is 24.3 Å². The summed E-state index contributed by atoms with van der Waals surface area (Å²) in [5.74, 6) is 1.03. The van der Waals surface area contributed by atoms with Crippen molar-refractivity contribution in [2.24, 2.45) is 0 Å². The first-order valence-corrected chi connectivity index (χ1v) is 5.75. The van der Waals surface area contributed by atoms with Crippen LogP contribution in [0.3, 0.4) is 0 Å². The van der Waals surface area contributed by atoms with Gasteiger partial charge in [-0.05, 0) is 37.6 Å². The maximum atomic E-state index is 9.09. The van der Waals surface area contributed by atoms with Gasteiger partial charge in [0.1, 0.15) is 11.5 Å². The van der Waals surface area contributed by atoms with Gasteiger partial charge in [0, 0.05) is 13.0 Å². The zero-order valence-corrected chi connectivity index (χ0v) is 9.98. The van der Waals surface area contributed by atoms with Crippen molar-refractivity contribution >= 4 is 0 Å². The van der Waals surface area contributed by atoms with Crippen molar-refractivity contribution in [3.8, 4) is 11.5 Å². The van der Waals surface area contributed by atoms with Gasteiger partial charge in [-0.15, -0.1) is 0 Å². The predicted molar refractivity (Wildman–Crippen MR) is 63.9 cm³/mol. The van der Waals surface area contributed by atoms with Gasteiger partial charge in [-0.25, -0.2) is 0 Å². The standard InChI is InChI=1S/C13H20O3/c1-3-9-15-11(2)8-10-16-13-6-4-12(14)5-7-13/h4-7,11,14H,3,8-10H2,1-2H3. The molecule has 0 saturated carbocycles. The van der Waals surface area contributed by atoms with Crippen molar-refractivity contribution in [2.75, 3.05) is 13.2 Å². The number of ether oxygens (including phenoxy) is 2. The third-order valence-corrected chi connectivity index (χ3v) is 2.24. The molecule has 0 saturated heterocycles. The van der Waals surface area contributed by atoms with E-state index in [9.17, 15) is 0 Å². The summed E-state index contributed by atoms with van der Waals surface area (Å²) in [6, 6.07) is 6.75. The summed E-state index contributed by atoms with van der Waals surface area (Å²) in [7, 11) is 0. The molecule has 1 N–H and O–H groups in total. The van der Waals surface area contributed by atoms with Crippen molar-refractivity contribution in [1.29, 1.82) is 0 Å². The number of aromatic hydroxyl groups is 1. The fraction of sp³-hybridized carbons (Fsp3) is 0.538. The molecule has 0 heterocycles. The van der Waals surface area contributed by atoms with Crippen molar-refractivity contribution in [2.45, 2.75) is 32.8 Å². The Kier molecular flexibility index (Phi) is 5.72. The average Bonchev–Trinajstić information content (AvgIpc) is 2.29. The van der Waals surface area contributed by atoms with Gasteiger partial charge in [-0.1, -0.05) is 6.92 Å². The topological polar surface area (TPSA) is 38.7 Å². The van der Waals surface area contributed by atoms with Crippen molar-refractivity contribution in [1.82, 2.24) is 0 Å². The molecule has 0 aliphatic carbocycles. The van der Waals surface area contributed by atoms with Crippen molar-refractivity contribution < 1.29 is 14.6 Å². The molecule has 1 atom stereocenters. The molecule has 0 aliphatic heterocycles. The molecule has 0 radical (unpaired) electrons. The Hall–Kier alpha value is -1.22. The molecule has 0 bridgehead atoms. The lowest BCUT2D eigenvalue weighted by Crippen LogP contribution is -2.13. The molecular weight excluding hydrogens is 204 g/mol. The van der Waals surface area contributed by atoms with Crippen LogP contribution in [0.1, 0.15) is 26.7 Å².